The highest BCUT2D eigenvalue weighted by molar-refractivity contribution is 7.76. The number of carboxylic acids is 1. The molecule has 11 heteroatoms. The first-order chi connectivity index (χ1) is 6.46. The number of aliphatic carboxylic acids is 1. The number of carboxylic acid groups (broad SMARTS) is 1. The van der Waals surface area contributed by atoms with E-state index >= 15 is 0 Å². The SMILES string of the molecule is O=C(O)C(CC(=O)[P+](O)(O)O)P(=O)(O)O. The van der Waals surface area contributed by atoms with Gasteiger partial charge in [0, 0.05) is 0 Å². The van der Waals surface area contributed by atoms with Crippen molar-refractivity contribution in [3.05, 3.63) is 0 Å². The molecule has 1 unspecified atom stereocenters. The summed E-state index contributed by atoms with van der Waals surface area (Å²) in [5.74, 6) is -1.97. The fraction of sp³-hybridized carbons (Fsp3) is 0.500. The largest absolute Gasteiger partial charge is 0.481 e. The van der Waals surface area contributed by atoms with Crippen LogP contribution >= 0.6 is 15.5 Å². The molecular weight excluding hydrogens is 254 g/mol. The van der Waals surface area contributed by atoms with E-state index in [1.807, 2.05) is 0 Å². The van der Waals surface area contributed by atoms with Crippen molar-refractivity contribution in [3.63, 3.8) is 0 Å². The van der Waals surface area contributed by atoms with Gasteiger partial charge in [-0.2, -0.15) is 14.7 Å². The summed E-state index contributed by atoms with van der Waals surface area (Å²) in [6.45, 7) is 0. The van der Waals surface area contributed by atoms with Gasteiger partial charge >= 0.3 is 27.0 Å². The van der Waals surface area contributed by atoms with Crippen LogP contribution in [-0.2, 0) is 14.2 Å². The minimum Gasteiger partial charge on any atom is -0.481 e. The Hall–Kier alpha value is -0.400. The zero-order valence-electron chi connectivity index (χ0n) is 7.09. The van der Waals surface area contributed by atoms with Crippen molar-refractivity contribution in [1.29, 1.82) is 0 Å². The summed E-state index contributed by atoms with van der Waals surface area (Å²) in [4.78, 5) is 63.3. The van der Waals surface area contributed by atoms with Gasteiger partial charge in [0.15, 0.2) is 5.66 Å². The van der Waals surface area contributed by atoms with E-state index in [-0.39, 0.29) is 0 Å². The molecule has 15 heavy (non-hydrogen) atoms. The molecule has 6 N–H and O–H groups in total. The van der Waals surface area contributed by atoms with E-state index in [1.165, 1.54) is 0 Å². The summed E-state index contributed by atoms with van der Waals surface area (Å²) in [7, 11) is -10.0. The van der Waals surface area contributed by atoms with Crippen molar-refractivity contribution in [2.45, 2.75) is 12.1 Å². The average molecular weight is 263 g/mol. The molecule has 0 fully saturated rings. The minimum atomic E-state index is -5.09. The maximum absolute atomic E-state index is 10.7. The van der Waals surface area contributed by atoms with Crippen LogP contribution in [-0.4, -0.2) is 46.7 Å². The quantitative estimate of drug-likeness (QED) is 0.315. The third kappa shape index (κ3) is 4.76. The van der Waals surface area contributed by atoms with Crippen molar-refractivity contribution in [2.24, 2.45) is 0 Å². The summed E-state index contributed by atoms with van der Waals surface area (Å²) in [6.07, 6.45) is -1.35. The third-order valence-electron chi connectivity index (χ3n) is 1.39. The molecule has 0 aromatic heterocycles. The first-order valence-electron chi connectivity index (χ1n) is 3.35. The molecule has 0 radical (unpaired) electrons. The van der Waals surface area contributed by atoms with E-state index in [2.05, 4.69) is 0 Å². The topological polar surface area (TPSA) is 173 Å². The molecule has 9 nitrogen and oxygen atoms in total. The first kappa shape index (κ1) is 14.6. The molecule has 0 aliphatic carbocycles. The van der Waals surface area contributed by atoms with Crippen LogP contribution in [0.15, 0.2) is 0 Å². The molecule has 0 amide bonds. The second kappa shape index (κ2) is 4.63. The lowest BCUT2D eigenvalue weighted by atomic mass is 10.3. The van der Waals surface area contributed by atoms with Crippen LogP contribution in [0.25, 0.3) is 0 Å². The Morgan fingerprint density at radius 2 is 1.60 bits per heavy atom. The number of carbonyl (C=O) groups excluding carboxylic acids is 1. The molecule has 0 bridgehead atoms. The van der Waals surface area contributed by atoms with E-state index < -0.39 is 39.1 Å². The molecule has 0 saturated carbocycles. The van der Waals surface area contributed by atoms with E-state index in [0.717, 1.165) is 0 Å². The molecular formula is C4H9O9P2+. The van der Waals surface area contributed by atoms with E-state index in [4.69, 9.17) is 29.6 Å². The van der Waals surface area contributed by atoms with E-state index in [9.17, 15) is 14.2 Å². The molecule has 0 rings (SSSR count). The Morgan fingerprint density at radius 3 is 1.80 bits per heavy atom. The summed E-state index contributed by atoms with van der Waals surface area (Å²) < 4.78 is 10.6. The monoisotopic (exact) mass is 263 g/mol. The van der Waals surface area contributed by atoms with Gasteiger partial charge in [0.1, 0.15) is 0 Å². The normalized spacial score (nSPS) is 14.7. The Kier molecular flexibility index (Phi) is 4.50. The summed E-state index contributed by atoms with van der Waals surface area (Å²) >= 11 is 0. The number of hydrogen-bond donors (Lipinski definition) is 6. The molecule has 1 atom stereocenters. The van der Waals surface area contributed by atoms with Gasteiger partial charge in [-0.15, -0.1) is 0 Å². The van der Waals surface area contributed by atoms with Crippen molar-refractivity contribution in [2.75, 3.05) is 0 Å². The van der Waals surface area contributed by atoms with Crippen LogP contribution < -0.4 is 0 Å². The highest BCUT2D eigenvalue weighted by Gasteiger charge is 2.48. The molecule has 0 heterocycles. The maximum atomic E-state index is 10.7. The van der Waals surface area contributed by atoms with Crippen LogP contribution in [0.3, 0.4) is 0 Å². The van der Waals surface area contributed by atoms with Gasteiger partial charge in [-0.1, -0.05) is 0 Å². The molecule has 0 aromatic carbocycles. The summed E-state index contributed by atoms with van der Waals surface area (Å²) in [5, 5.41) is 8.35. The van der Waals surface area contributed by atoms with Gasteiger partial charge < -0.3 is 14.9 Å². The van der Waals surface area contributed by atoms with Gasteiger partial charge in [0.05, 0.1) is 6.42 Å². The first-order valence-corrected chi connectivity index (χ1v) is 6.68. The van der Waals surface area contributed by atoms with Gasteiger partial charge in [-0.05, 0) is 0 Å². The maximum Gasteiger partial charge on any atom is 0.478 e. The lowest BCUT2D eigenvalue weighted by Gasteiger charge is -2.12. The van der Waals surface area contributed by atoms with Crippen LogP contribution in [0.5, 0.6) is 0 Å². The van der Waals surface area contributed by atoms with Gasteiger partial charge in [0.2, 0.25) is 0 Å². The van der Waals surface area contributed by atoms with Gasteiger partial charge in [0.25, 0.3) is 0 Å². The molecule has 0 saturated heterocycles. The van der Waals surface area contributed by atoms with Crippen molar-refractivity contribution in [3.8, 4) is 0 Å². The highest BCUT2D eigenvalue weighted by Crippen LogP contribution is 2.51. The lowest BCUT2D eigenvalue weighted by molar-refractivity contribution is -0.138. The smallest absolute Gasteiger partial charge is 0.478 e. The van der Waals surface area contributed by atoms with Crippen molar-refractivity contribution in [1.82, 2.24) is 0 Å². The Balaban J connectivity index is 4.82. The third-order valence-corrected chi connectivity index (χ3v) is 3.46. The van der Waals surface area contributed by atoms with Gasteiger partial charge in [-0.3, -0.25) is 9.36 Å². The van der Waals surface area contributed by atoms with Crippen LogP contribution in [0.2, 0.25) is 0 Å². The molecule has 0 aromatic rings. The zero-order valence-corrected chi connectivity index (χ0v) is 8.88. The zero-order chi connectivity index (χ0) is 12.4. The van der Waals surface area contributed by atoms with Crippen LogP contribution in [0.4, 0.5) is 0 Å². The van der Waals surface area contributed by atoms with Crippen molar-refractivity contribution >= 4 is 27.0 Å². The van der Waals surface area contributed by atoms with E-state index in [1.54, 1.807) is 0 Å². The predicted octanol–water partition coefficient (Wildman–Crippen LogP) is -1.73. The summed E-state index contributed by atoms with van der Waals surface area (Å²) in [5.41, 5.74) is -4.10. The minimum absolute atomic E-state index is 1.35. The Morgan fingerprint density at radius 1 is 1.20 bits per heavy atom. The fourth-order valence-electron chi connectivity index (χ4n) is 0.638. The molecule has 0 aliphatic rings. The van der Waals surface area contributed by atoms with Gasteiger partial charge in [-0.25, -0.2) is 4.79 Å². The number of hydrogen-bond acceptors (Lipinski definition) is 6. The lowest BCUT2D eigenvalue weighted by Crippen LogP contribution is -2.24. The number of carbonyl (C=O) groups is 2. The number of rotatable bonds is 5. The summed E-state index contributed by atoms with van der Waals surface area (Å²) in [6, 6.07) is 0. The van der Waals surface area contributed by atoms with E-state index in [0.29, 0.717) is 0 Å². The average Bonchev–Trinajstić information content (AvgIpc) is 1.94. The molecule has 88 valence electrons. The molecule has 0 spiro atoms. The predicted molar refractivity (Wildman–Crippen MR) is 46.7 cm³/mol. The Labute approximate surface area is 83.7 Å². The second-order valence-corrected chi connectivity index (χ2v) is 6.05. The fourth-order valence-corrected chi connectivity index (χ4v) is 1.90. The standard InChI is InChI=1S/C4H8O9P2/c5-3(15(11,12)13)1-2(4(6)7)14(8,9)10/h2,11-13H,1H2,(H2-,6,7,8,9,10)/p+1. The Bertz CT molecular complexity index is 311. The van der Waals surface area contributed by atoms with Crippen LogP contribution in [0, 0.1) is 0 Å². The van der Waals surface area contributed by atoms with Crippen LogP contribution in [0.1, 0.15) is 6.42 Å². The second-order valence-electron chi connectivity index (χ2n) is 2.61. The van der Waals surface area contributed by atoms with Crippen molar-refractivity contribution < 1.29 is 43.7 Å². The molecule has 0 aliphatic heterocycles. The highest BCUT2D eigenvalue weighted by atomic mass is 31.2.